The molecule has 1 unspecified atom stereocenters. The third-order valence-electron chi connectivity index (χ3n) is 15.0. The number of amides is 3. The van der Waals surface area contributed by atoms with E-state index in [4.69, 9.17) is 19.7 Å². The first kappa shape index (κ1) is 58.5. The fourth-order valence-corrected chi connectivity index (χ4v) is 10.6. The van der Waals surface area contributed by atoms with Crippen LogP contribution in [0.4, 0.5) is 18.0 Å². The van der Waals surface area contributed by atoms with Crippen molar-refractivity contribution < 1.29 is 42.2 Å². The van der Waals surface area contributed by atoms with Gasteiger partial charge in [0.2, 0.25) is 5.91 Å². The Labute approximate surface area is 440 Å². The molecule has 1 atom stereocenters. The minimum absolute atomic E-state index is 0.0417. The van der Waals surface area contributed by atoms with Crippen molar-refractivity contribution in [3.05, 3.63) is 87.9 Å². The lowest BCUT2D eigenvalue weighted by atomic mass is 9.89. The van der Waals surface area contributed by atoms with Crippen molar-refractivity contribution in [3.63, 3.8) is 0 Å². The van der Waals surface area contributed by atoms with Crippen LogP contribution in [0.3, 0.4) is 0 Å². The molecule has 412 valence electrons. The number of carbonyl (C=O) groups is 4. The molecule has 0 radical (unpaired) electrons. The molecule has 2 aromatic carbocycles. The molecule has 3 N–H and O–H groups in total. The zero-order chi connectivity index (χ0) is 53.7. The number of piperidine rings is 2. The quantitative estimate of drug-likeness (QED) is 0.0369. The van der Waals surface area contributed by atoms with Gasteiger partial charge in [0.15, 0.2) is 6.73 Å². The summed E-state index contributed by atoms with van der Waals surface area (Å²) in [7, 11) is 2.18. The number of hydrogen-bond donors (Lipinski definition) is 3. The monoisotopic (exact) mass is 1050 g/mol. The van der Waals surface area contributed by atoms with Gasteiger partial charge in [-0.05, 0) is 125 Å². The number of rotatable bonds is 23. The van der Waals surface area contributed by atoms with Gasteiger partial charge in [-0.1, -0.05) is 94.7 Å². The maximum Gasteiger partial charge on any atom is 0.490 e. The summed E-state index contributed by atoms with van der Waals surface area (Å²) >= 11 is 0. The molecule has 3 amide bonds. The van der Waals surface area contributed by atoms with E-state index in [1.54, 1.807) is 9.58 Å². The molecule has 15 nitrogen and oxygen atoms in total. The Kier molecular flexibility index (Phi) is 23.0. The van der Waals surface area contributed by atoms with Gasteiger partial charge in [0.05, 0.1) is 5.52 Å². The largest absolute Gasteiger partial charge is 0.490 e. The summed E-state index contributed by atoms with van der Waals surface area (Å²) in [5.41, 5.74) is 4.19. The fourth-order valence-electron chi connectivity index (χ4n) is 10.6. The van der Waals surface area contributed by atoms with Gasteiger partial charge < -0.3 is 34.8 Å². The number of aliphatic carboxylic acids is 1. The zero-order valence-corrected chi connectivity index (χ0v) is 44.5. The molecular weight excluding hydrogens is 966 g/mol. The Bertz CT molecular complexity index is 2540. The summed E-state index contributed by atoms with van der Waals surface area (Å²) in [4.78, 5) is 74.9. The Balaban J connectivity index is 0.00000122. The highest BCUT2D eigenvalue weighted by atomic mass is 19.4. The van der Waals surface area contributed by atoms with Crippen LogP contribution in [0.25, 0.3) is 21.8 Å². The van der Waals surface area contributed by atoms with Crippen LogP contribution in [0.15, 0.2) is 65.6 Å². The van der Waals surface area contributed by atoms with Crippen molar-refractivity contribution in [3.8, 4) is 0 Å². The van der Waals surface area contributed by atoms with Gasteiger partial charge in [-0.25, -0.2) is 14.3 Å². The zero-order valence-electron chi connectivity index (χ0n) is 44.5. The van der Waals surface area contributed by atoms with Crippen LogP contribution in [0.2, 0.25) is 0 Å². The number of alkyl halides is 3. The number of allylic oxidation sites excluding steroid dienone is 2. The molecule has 3 aliphatic rings. The molecule has 2 aromatic heterocycles. The van der Waals surface area contributed by atoms with Crippen LogP contribution in [0, 0.1) is 6.92 Å². The summed E-state index contributed by atoms with van der Waals surface area (Å²) in [5.74, 6) is -2.99. The molecule has 75 heavy (non-hydrogen) atoms. The second-order valence-electron chi connectivity index (χ2n) is 20.8. The van der Waals surface area contributed by atoms with Gasteiger partial charge in [-0.2, -0.15) is 18.3 Å². The third-order valence-corrected chi connectivity index (χ3v) is 15.0. The summed E-state index contributed by atoms with van der Waals surface area (Å²) in [6, 6.07) is 13.4. The normalized spacial score (nSPS) is 16.8. The van der Waals surface area contributed by atoms with Crippen molar-refractivity contribution >= 4 is 45.7 Å². The molecule has 4 aromatic rings. The van der Waals surface area contributed by atoms with Crippen LogP contribution in [-0.4, -0.2) is 141 Å². The first-order valence-corrected chi connectivity index (χ1v) is 27.6. The van der Waals surface area contributed by atoms with E-state index in [0.717, 1.165) is 103 Å². The fraction of sp³-hybridized carbons (Fsp3) is 0.614. The number of piperazine rings is 1. The molecule has 0 aliphatic carbocycles. The number of fused-ring (bicyclic) bond motifs is 2. The predicted molar refractivity (Wildman–Crippen MR) is 287 cm³/mol. The number of nitrogens with zero attached hydrogens (tertiary/aromatic N) is 6. The lowest BCUT2D eigenvalue weighted by Crippen LogP contribution is -2.59. The van der Waals surface area contributed by atoms with Crippen molar-refractivity contribution in [2.45, 2.75) is 167 Å². The summed E-state index contributed by atoms with van der Waals surface area (Å²) in [6.45, 7) is 10.4. The average molecular weight is 1050 g/mol. The van der Waals surface area contributed by atoms with Gasteiger partial charge in [0.25, 0.3) is 5.56 Å². The van der Waals surface area contributed by atoms with E-state index in [9.17, 15) is 32.3 Å². The number of H-pyrrole nitrogens is 1. The molecule has 0 bridgehead atoms. The second kappa shape index (κ2) is 29.5. The second-order valence-corrected chi connectivity index (χ2v) is 20.8. The Morgan fingerprint density at radius 2 is 1.44 bits per heavy atom. The number of nitrogens with one attached hydrogen (secondary N) is 2. The first-order chi connectivity index (χ1) is 36.1. The highest BCUT2D eigenvalue weighted by Crippen LogP contribution is 2.28. The number of urea groups is 1. The maximum atomic E-state index is 14.5. The lowest BCUT2D eigenvalue weighted by Gasteiger charge is -2.43. The van der Waals surface area contributed by atoms with E-state index < -0.39 is 18.2 Å². The standard InChI is InChI=1S/C55H80N8O5.C2HF3O2/c1-4-5-6-7-8-9-10-11-12-13-14-15-16-17-18-23-51(64)68-41-63-40-46-37-43(36-42(2)52(46)58-63)38-50(54(66)61-34-32-60(33-35-61)47-26-28-59(3)29-27-47)57-55(67)62-30-24-44(25-31-62)48-39-45-21-19-20-22-49(45)56-53(48)65;3-2(4,5)1(6)7/h11-12,19-22,36-37,39-40,44,47,50H,4-10,13-18,23-35,38,41H2,1-3H3,(H,56,65)(H,57,67);(H,6,7). The molecule has 3 aliphatic heterocycles. The Morgan fingerprint density at radius 1 is 0.813 bits per heavy atom. The molecule has 18 heteroatoms. The molecule has 7 rings (SSSR count). The lowest BCUT2D eigenvalue weighted by molar-refractivity contribution is -0.192. The minimum Gasteiger partial charge on any atom is -0.475 e. The van der Waals surface area contributed by atoms with Crippen LogP contribution < -0.4 is 10.9 Å². The number of benzene rings is 2. The predicted octanol–water partition coefficient (Wildman–Crippen LogP) is 10.1. The average Bonchev–Trinajstić information content (AvgIpc) is 3.82. The number of unbranched alkanes of at least 4 members (excludes halogenated alkanes) is 11. The molecular formula is C57H81F3N8O7. The highest BCUT2D eigenvalue weighted by molar-refractivity contribution is 5.88. The van der Waals surface area contributed by atoms with Crippen molar-refractivity contribution in [2.75, 3.05) is 59.4 Å². The molecule has 3 saturated heterocycles. The van der Waals surface area contributed by atoms with Crippen molar-refractivity contribution in [1.29, 1.82) is 0 Å². The number of aromatic nitrogens is 3. The number of carboxylic acids is 1. The van der Waals surface area contributed by atoms with E-state index in [-0.39, 0.29) is 36.1 Å². The van der Waals surface area contributed by atoms with E-state index in [1.165, 1.54) is 57.8 Å². The molecule has 5 heterocycles. The van der Waals surface area contributed by atoms with Gasteiger partial charge >= 0.3 is 24.1 Å². The molecule has 0 saturated carbocycles. The number of aryl methyl sites for hydroxylation is 1. The van der Waals surface area contributed by atoms with Gasteiger partial charge in [-0.3, -0.25) is 19.3 Å². The third kappa shape index (κ3) is 18.5. The number of pyridine rings is 1. The van der Waals surface area contributed by atoms with Gasteiger partial charge in [-0.15, -0.1) is 0 Å². The maximum absolute atomic E-state index is 14.5. The topological polar surface area (TPSA) is 173 Å². The highest BCUT2D eigenvalue weighted by Gasteiger charge is 2.38. The number of carbonyl (C=O) groups excluding carboxylic acids is 3. The van der Waals surface area contributed by atoms with Crippen molar-refractivity contribution in [2.24, 2.45) is 0 Å². The Hall–Kier alpha value is -5.75. The number of carboxylic acid groups (broad SMARTS) is 1. The Morgan fingerprint density at radius 3 is 2.09 bits per heavy atom. The summed E-state index contributed by atoms with van der Waals surface area (Å²) in [6.07, 6.45) is 21.6. The van der Waals surface area contributed by atoms with Crippen LogP contribution in [-0.2, 0) is 32.3 Å². The summed E-state index contributed by atoms with van der Waals surface area (Å²) in [5, 5.41) is 16.9. The SMILES string of the molecule is CCCCCCCCC=CCCCCCCCC(=O)OCn1cc2cc(CC(NC(=O)N3CCC(c4cc5ccccc5[nH]c4=O)CC3)C(=O)N3CCN(C4CCN(C)CC4)CC3)cc(C)c2n1.O=C(O)C(F)(F)F. The number of hydrogen-bond acceptors (Lipinski definition) is 9. The molecule has 0 spiro atoms. The van der Waals surface area contributed by atoms with E-state index in [1.807, 2.05) is 54.4 Å². The summed E-state index contributed by atoms with van der Waals surface area (Å²) < 4.78 is 39.1. The number of ether oxygens (including phenoxy) is 1. The van der Waals surface area contributed by atoms with Gasteiger partial charge in [0, 0.05) is 80.8 Å². The molecule has 3 fully saturated rings. The van der Waals surface area contributed by atoms with Crippen molar-refractivity contribution in [1.82, 2.24) is 39.7 Å². The van der Waals surface area contributed by atoms with E-state index >= 15 is 0 Å². The van der Waals surface area contributed by atoms with Crippen LogP contribution in [0.5, 0.6) is 0 Å². The number of likely N-dealkylation sites (tertiary alicyclic amines) is 2. The van der Waals surface area contributed by atoms with Crippen LogP contribution in [0.1, 0.15) is 145 Å². The van der Waals surface area contributed by atoms with E-state index in [0.29, 0.717) is 57.9 Å². The first-order valence-electron chi connectivity index (χ1n) is 27.6. The number of para-hydroxylation sites is 1. The van der Waals surface area contributed by atoms with Crippen LogP contribution >= 0.6 is 0 Å². The van der Waals surface area contributed by atoms with E-state index in [2.05, 4.69) is 52.3 Å². The number of halogens is 3. The van der Waals surface area contributed by atoms with Gasteiger partial charge in [0.1, 0.15) is 6.04 Å². The minimum atomic E-state index is -5.08. The smallest absolute Gasteiger partial charge is 0.475 e. The number of esters is 1. The number of aromatic amines is 1.